The summed E-state index contributed by atoms with van der Waals surface area (Å²) in [6.07, 6.45) is 4.39. The number of benzene rings is 1. The van der Waals surface area contributed by atoms with Gasteiger partial charge in [0.1, 0.15) is 0 Å². The smallest absolute Gasteiger partial charge is 0.226 e. The average Bonchev–Trinajstić information content (AvgIpc) is 3.03. The van der Waals surface area contributed by atoms with Gasteiger partial charge in [0.25, 0.3) is 0 Å². The highest BCUT2D eigenvalue weighted by Crippen LogP contribution is 2.28. The number of rotatable bonds is 3. The van der Waals surface area contributed by atoms with E-state index in [1.54, 1.807) is 0 Å². The Hall–Kier alpha value is -1.72. The summed E-state index contributed by atoms with van der Waals surface area (Å²) < 4.78 is 5.54. The standard InChI is InChI=1S/C18H24N4O/c1-22-9-8-19-12-16(22)18-20-17(23-21-18)11-13-6-7-14-4-2-3-5-15(14)10-13/h2-5,13,16,19H,6-12H2,1H3. The fourth-order valence-corrected chi connectivity index (χ4v) is 3.77. The van der Waals surface area contributed by atoms with Crippen molar-refractivity contribution >= 4 is 0 Å². The zero-order valence-corrected chi connectivity index (χ0v) is 13.7. The molecule has 1 N–H and O–H groups in total. The number of aryl methyl sites for hydroxylation is 1. The molecule has 2 atom stereocenters. The lowest BCUT2D eigenvalue weighted by molar-refractivity contribution is 0.190. The Morgan fingerprint density at radius 3 is 3.04 bits per heavy atom. The number of fused-ring (bicyclic) bond motifs is 1. The van der Waals surface area contributed by atoms with Crippen molar-refractivity contribution in [3.8, 4) is 0 Å². The van der Waals surface area contributed by atoms with E-state index in [9.17, 15) is 0 Å². The zero-order valence-electron chi connectivity index (χ0n) is 13.7. The molecular formula is C18H24N4O. The van der Waals surface area contributed by atoms with Crippen LogP contribution in [0.1, 0.15) is 35.3 Å². The third-order valence-electron chi connectivity index (χ3n) is 5.21. The number of hydrogen-bond acceptors (Lipinski definition) is 5. The van der Waals surface area contributed by atoms with Crippen LogP contribution in [0.2, 0.25) is 0 Å². The normalized spacial score (nSPS) is 25.3. The van der Waals surface area contributed by atoms with E-state index in [1.807, 2.05) is 0 Å². The number of nitrogens with one attached hydrogen (secondary N) is 1. The molecule has 2 aliphatic rings. The SMILES string of the molecule is CN1CCNCC1c1noc(CC2CCc3ccccc3C2)n1. The Bertz CT molecular complexity index is 669. The van der Waals surface area contributed by atoms with Crippen molar-refractivity contribution < 1.29 is 4.52 Å². The fraction of sp³-hybridized carbons (Fsp3) is 0.556. The molecule has 5 heteroatoms. The van der Waals surface area contributed by atoms with Gasteiger partial charge in [-0.3, -0.25) is 4.90 Å². The van der Waals surface area contributed by atoms with Gasteiger partial charge < -0.3 is 9.84 Å². The first-order chi connectivity index (χ1) is 11.3. The predicted molar refractivity (Wildman–Crippen MR) is 88.2 cm³/mol. The highest BCUT2D eigenvalue weighted by Gasteiger charge is 2.26. The lowest BCUT2D eigenvalue weighted by Crippen LogP contribution is -2.44. The maximum atomic E-state index is 5.54. The monoisotopic (exact) mass is 312 g/mol. The van der Waals surface area contributed by atoms with Gasteiger partial charge in [-0.15, -0.1) is 0 Å². The summed E-state index contributed by atoms with van der Waals surface area (Å²) >= 11 is 0. The second-order valence-corrected chi connectivity index (χ2v) is 6.83. The average molecular weight is 312 g/mol. The molecule has 1 aliphatic heterocycles. The molecular weight excluding hydrogens is 288 g/mol. The lowest BCUT2D eigenvalue weighted by Gasteiger charge is -2.30. The van der Waals surface area contributed by atoms with Gasteiger partial charge in [-0.05, 0) is 43.4 Å². The molecule has 1 saturated heterocycles. The number of likely N-dealkylation sites (N-methyl/N-ethyl adjacent to an activating group) is 1. The third kappa shape index (κ3) is 3.16. The van der Waals surface area contributed by atoms with E-state index in [-0.39, 0.29) is 6.04 Å². The van der Waals surface area contributed by atoms with E-state index in [1.165, 1.54) is 17.5 Å². The fourth-order valence-electron chi connectivity index (χ4n) is 3.77. The molecule has 0 bridgehead atoms. The Morgan fingerprint density at radius 2 is 2.17 bits per heavy atom. The topological polar surface area (TPSA) is 54.2 Å². The molecule has 1 aromatic carbocycles. The first kappa shape index (κ1) is 14.8. The van der Waals surface area contributed by atoms with Crippen LogP contribution in [0.5, 0.6) is 0 Å². The van der Waals surface area contributed by atoms with Crippen LogP contribution in [-0.2, 0) is 19.3 Å². The van der Waals surface area contributed by atoms with Crippen molar-refractivity contribution in [3.05, 3.63) is 47.1 Å². The van der Waals surface area contributed by atoms with Gasteiger partial charge in [0, 0.05) is 26.1 Å². The molecule has 0 spiro atoms. The molecule has 23 heavy (non-hydrogen) atoms. The largest absolute Gasteiger partial charge is 0.339 e. The van der Waals surface area contributed by atoms with Gasteiger partial charge in [0.2, 0.25) is 5.89 Å². The second kappa shape index (κ2) is 6.42. The maximum absolute atomic E-state index is 5.54. The number of hydrogen-bond donors (Lipinski definition) is 1. The maximum Gasteiger partial charge on any atom is 0.226 e. The summed E-state index contributed by atoms with van der Waals surface area (Å²) in [5.41, 5.74) is 2.99. The minimum absolute atomic E-state index is 0.230. The van der Waals surface area contributed by atoms with E-state index in [0.717, 1.165) is 50.6 Å². The van der Waals surface area contributed by atoms with Crippen LogP contribution in [-0.4, -0.2) is 41.7 Å². The highest BCUT2D eigenvalue weighted by molar-refractivity contribution is 5.29. The molecule has 0 saturated carbocycles. The van der Waals surface area contributed by atoms with E-state index < -0.39 is 0 Å². The van der Waals surface area contributed by atoms with Crippen LogP contribution in [0.3, 0.4) is 0 Å². The summed E-state index contributed by atoms with van der Waals surface area (Å²) in [7, 11) is 2.12. The number of aromatic nitrogens is 2. The van der Waals surface area contributed by atoms with Crippen molar-refractivity contribution in [2.45, 2.75) is 31.7 Å². The van der Waals surface area contributed by atoms with E-state index in [0.29, 0.717) is 5.92 Å². The van der Waals surface area contributed by atoms with Crippen LogP contribution in [0, 0.1) is 5.92 Å². The van der Waals surface area contributed by atoms with E-state index in [2.05, 4.69) is 51.7 Å². The van der Waals surface area contributed by atoms with Gasteiger partial charge in [0.05, 0.1) is 6.04 Å². The Kier molecular flexibility index (Phi) is 4.14. The summed E-state index contributed by atoms with van der Waals surface area (Å²) in [6.45, 7) is 2.94. The van der Waals surface area contributed by atoms with Gasteiger partial charge in [0.15, 0.2) is 5.82 Å². The van der Waals surface area contributed by atoms with E-state index in [4.69, 9.17) is 4.52 Å². The second-order valence-electron chi connectivity index (χ2n) is 6.83. The Balaban J connectivity index is 1.42. The summed E-state index contributed by atoms with van der Waals surface area (Å²) in [5, 5.41) is 7.63. The van der Waals surface area contributed by atoms with Crippen molar-refractivity contribution in [2.75, 3.05) is 26.7 Å². The van der Waals surface area contributed by atoms with Crippen LogP contribution in [0.4, 0.5) is 0 Å². The van der Waals surface area contributed by atoms with Crippen LogP contribution < -0.4 is 5.32 Å². The van der Waals surface area contributed by atoms with Crippen molar-refractivity contribution in [1.82, 2.24) is 20.4 Å². The quantitative estimate of drug-likeness (QED) is 0.939. The molecule has 0 radical (unpaired) electrons. The Labute approximate surface area is 137 Å². The molecule has 2 unspecified atom stereocenters. The molecule has 2 aromatic rings. The minimum atomic E-state index is 0.230. The van der Waals surface area contributed by atoms with Gasteiger partial charge in [-0.2, -0.15) is 4.98 Å². The Morgan fingerprint density at radius 1 is 1.30 bits per heavy atom. The molecule has 2 heterocycles. The number of nitrogens with zero attached hydrogens (tertiary/aromatic N) is 3. The van der Waals surface area contributed by atoms with Gasteiger partial charge >= 0.3 is 0 Å². The summed E-state index contributed by atoms with van der Waals surface area (Å²) in [5.74, 6) is 2.23. The van der Waals surface area contributed by atoms with Crippen LogP contribution >= 0.6 is 0 Å². The van der Waals surface area contributed by atoms with Crippen LogP contribution in [0.15, 0.2) is 28.8 Å². The summed E-state index contributed by atoms with van der Waals surface area (Å²) in [4.78, 5) is 6.97. The van der Waals surface area contributed by atoms with Crippen molar-refractivity contribution in [2.24, 2.45) is 5.92 Å². The number of piperazine rings is 1. The molecule has 0 amide bonds. The zero-order chi connectivity index (χ0) is 15.6. The van der Waals surface area contributed by atoms with Gasteiger partial charge in [-0.25, -0.2) is 0 Å². The first-order valence-corrected chi connectivity index (χ1v) is 8.60. The van der Waals surface area contributed by atoms with Crippen molar-refractivity contribution in [3.63, 3.8) is 0 Å². The van der Waals surface area contributed by atoms with Gasteiger partial charge in [-0.1, -0.05) is 29.4 Å². The molecule has 5 nitrogen and oxygen atoms in total. The highest BCUT2D eigenvalue weighted by atomic mass is 16.5. The lowest BCUT2D eigenvalue weighted by atomic mass is 9.82. The molecule has 1 aliphatic carbocycles. The van der Waals surface area contributed by atoms with Crippen molar-refractivity contribution in [1.29, 1.82) is 0 Å². The van der Waals surface area contributed by atoms with E-state index >= 15 is 0 Å². The molecule has 1 fully saturated rings. The molecule has 122 valence electrons. The molecule has 1 aromatic heterocycles. The third-order valence-corrected chi connectivity index (χ3v) is 5.21. The first-order valence-electron chi connectivity index (χ1n) is 8.60. The summed E-state index contributed by atoms with van der Waals surface area (Å²) in [6, 6.07) is 9.01. The predicted octanol–water partition coefficient (Wildman–Crippen LogP) is 1.99. The molecule has 4 rings (SSSR count). The van der Waals surface area contributed by atoms with Crippen LogP contribution in [0.25, 0.3) is 0 Å². The minimum Gasteiger partial charge on any atom is -0.339 e.